The molecule has 2 rings (SSSR count). The van der Waals surface area contributed by atoms with E-state index in [2.05, 4.69) is 4.99 Å². The van der Waals surface area contributed by atoms with Crippen molar-refractivity contribution >= 4 is 17.4 Å². The second-order valence-electron chi connectivity index (χ2n) is 3.05. The normalized spacial score (nSPS) is 24.0. The predicted molar refractivity (Wildman–Crippen MR) is 51.5 cm³/mol. The first-order valence-electron chi connectivity index (χ1n) is 4.17. The van der Waals surface area contributed by atoms with Crippen molar-refractivity contribution in [2.45, 2.75) is 0 Å². The van der Waals surface area contributed by atoms with Gasteiger partial charge >= 0.3 is 0 Å². The molecule has 1 aliphatic heterocycles. The van der Waals surface area contributed by atoms with Gasteiger partial charge in [0.15, 0.2) is 5.78 Å². The Morgan fingerprint density at radius 1 is 1.43 bits per heavy atom. The molecule has 1 atom stereocenters. The molecule has 0 aromatic rings. The van der Waals surface area contributed by atoms with Crippen LogP contribution in [-0.4, -0.2) is 17.4 Å². The molecule has 1 heterocycles. The molecule has 0 saturated carbocycles. The van der Waals surface area contributed by atoms with Crippen LogP contribution in [0.4, 0.5) is 0 Å². The van der Waals surface area contributed by atoms with Crippen LogP contribution in [-0.2, 0) is 9.59 Å². The van der Waals surface area contributed by atoms with E-state index in [0.29, 0.717) is 5.71 Å². The second-order valence-corrected chi connectivity index (χ2v) is 3.05. The van der Waals surface area contributed by atoms with E-state index < -0.39 is 5.91 Å². The molecule has 0 radical (unpaired) electrons. The zero-order valence-electron chi connectivity index (χ0n) is 7.31. The van der Waals surface area contributed by atoms with E-state index in [-0.39, 0.29) is 17.4 Å². The highest BCUT2D eigenvalue weighted by molar-refractivity contribution is 6.21. The van der Waals surface area contributed by atoms with Gasteiger partial charge in [-0.15, -0.1) is 0 Å². The van der Waals surface area contributed by atoms with Crippen LogP contribution in [0.1, 0.15) is 0 Å². The molecule has 0 fully saturated rings. The van der Waals surface area contributed by atoms with Crippen LogP contribution in [0, 0.1) is 5.92 Å². The minimum atomic E-state index is -0.674. The summed E-state index contributed by atoms with van der Waals surface area (Å²) in [5.41, 5.74) is 5.65. The van der Waals surface area contributed by atoms with Gasteiger partial charge < -0.3 is 5.73 Å². The summed E-state index contributed by atoms with van der Waals surface area (Å²) in [6, 6.07) is 0. The Morgan fingerprint density at radius 2 is 2.21 bits per heavy atom. The minimum Gasteiger partial charge on any atom is -0.364 e. The maximum atomic E-state index is 11.5. The lowest BCUT2D eigenvalue weighted by molar-refractivity contribution is -0.117. The van der Waals surface area contributed by atoms with Crippen LogP contribution in [0.15, 0.2) is 41.1 Å². The third kappa shape index (κ3) is 1.31. The van der Waals surface area contributed by atoms with Gasteiger partial charge in [-0.1, -0.05) is 18.2 Å². The number of rotatable bonds is 1. The van der Waals surface area contributed by atoms with Crippen molar-refractivity contribution in [3.63, 3.8) is 0 Å². The number of amides is 1. The molecule has 14 heavy (non-hydrogen) atoms. The number of hydrogen-bond acceptors (Lipinski definition) is 3. The van der Waals surface area contributed by atoms with Crippen molar-refractivity contribution in [3.05, 3.63) is 36.1 Å². The zero-order valence-corrected chi connectivity index (χ0v) is 7.31. The maximum Gasteiger partial charge on any atom is 0.267 e. The van der Waals surface area contributed by atoms with E-state index in [1.165, 1.54) is 6.08 Å². The van der Waals surface area contributed by atoms with Crippen molar-refractivity contribution < 1.29 is 9.59 Å². The highest BCUT2D eigenvalue weighted by Crippen LogP contribution is 2.18. The summed E-state index contributed by atoms with van der Waals surface area (Å²) in [5, 5.41) is 0. The smallest absolute Gasteiger partial charge is 0.267 e. The number of aliphatic imine (C=N–C) groups is 1. The third-order valence-corrected chi connectivity index (χ3v) is 2.09. The number of primary amides is 1. The van der Waals surface area contributed by atoms with Gasteiger partial charge in [0, 0.05) is 6.08 Å². The van der Waals surface area contributed by atoms with Crippen LogP contribution < -0.4 is 5.73 Å². The van der Waals surface area contributed by atoms with Crippen molar-refractivity contribution in [2.24, 2.45) is 16.6 Å². The number of carbonyl (C=O) groups is 2. The van der Waals surface area contributed by atoms with Crippen molar-refractivity contribution in [2.75, 3.05) is 0 Å². The van der Waals surface area contributed by atoms with E-state index in [4.69, 9.17) is 5.73 Å². The summed E-state index contributed by atoms with van der Waals surface area (Å²) in [6.07, 6.45) is 8.20. The lowest BCUT2D eigenvalue weighted by Gasteiger charge is -2.17. The Morgan fingerprint density at radius 3 is 2.93 bits per heavy atom. The van der Waals surface area contributed by atoms with Crippen molar-refractivity contribution in [3.8, 4) is 0 Å². The Hall–Kier alpha value is -1.97. The molecule has 1 unspecified atom stereocenters. The number of ketones is 1. The first-order chi connectivity index (χ1) is 6.68. The summed E-state index contributed by atoms with van der Waals surface area (Å²) >= 11 is 0. The highest BCUT2D eigenvalue weighted by Gasteiger charge is 2.25. The Bertz CT molecular complexity index is 427. The Labute approximate surface area is 80.5 Å². The molecule has 4 heteroatoms. The SMILES string of the molecule is NC(=O)C1=CC(=O)C2C=CC=CC2=N1. The maximum absolute atomic E-state index is 11.5. The molecule has 0 saturated heterocycles. The van der Waals surface area contributed by atoms with E-state index >= 15 is 0 Å². The Kier molecular flexibility index (Phi) is 1.89. The fraction of sp³-hybridized carbons (Fsp3) is 0.100. The van der Waals surface area contributed by atoms with E-state index in [1.807, 2.05) is 0 Å². The molecule has 0 aromatic carbocycles. The van der Waals surface area contributed by atoms with Gasteiger partial charge in [-0.25, -0.2) is 4.99 Å². The summed E-state index contributed by atoms with van der Waals surface area (Å²) < 4.78 is 0. The van der Waals surface area contributed by atoms with Gasteiger partial charge in [-0.05, 0) is 6.08 Å². The molecule has 4 nitrogen and oxygen atoms in total. The van der Waals surface area contributed by atoms with Crippen molar-refractivity contribution in [1.29, 1.82) is 0 Å². The van der Waals surface area contributed by atoms with Gasteiger partial charge in [-0.3, -0.25) is 9.59 Å². The number of nitrogens with zero attached hydrogens (tertiary/aromatic N) is 1. The van der Waals surface area contributed by atoms with Gasteiger partial charge in [0.1, 0.15) is 5.70 Å². The fourth-order valence-corrected chi connectivity index (χ4v) is 1.40. The largest absolute Gasteiger partial charge is 0.364 e. The van der Waals surface area contributed by atoms with Crippen LogP contribution in [0.25, 0.3) is 0 Å². The number of nitrogens with two attached hydrogens (primary N) is 1. The van der Waals surface area contributed by atoms with Crippen LogP contribution in [0.2, 0.25) is 0 Å². The summed E-state index contributed by atoms with van der Waals surface area (Å²) in [4.78, 5) is 26.3. The average Bonchev–Trinajstić information content (AvgIpc) is 2.17. The number of carbonyl (C=O) groups excluding carboxylic acids is 2. The molecule has 70 valence electrons. The average molecular weight is 188 g/mol. The highest BCUT2D eigenvalue weighted by atomic mass is 16.1. The molecule has 1 aliphatic carbocycles. The summed E-state index contributed by atoms with van der Waals surface area (Å²) in [5.74, 6) is -1.17. The van der Waals surface area contributed by atoms with Gasteiger partial charge in [0.2, 0.25) is 0 Å². The lowest BCUT2D eigenvalue weighted by atomic mass is 9.91. The topological polar surface area (TPSA) is 72.5 Å². The zero-order chi connectivity index (χ0) is 10.1. The van der Waals surface area contributed by atoms with Gasteiger partial charge in [0.25, 0.3) is 5.91 Å². The number of hydrogen-bond donors (Lipinski definition) is 1. The monoisotopic (exact) mass is 188 g/mol. The fourth-order valence-electron chi connectivity index (χ4n) is 1.40. The molecular weight excluding hydrogens is 180 g/mol. The van der Waals surface area contributed by atoms with E-state index in [0.717, 1.165) is 0 Å². The predicted octanol–water partition coefficient (Wildman–Crippen LogP) is 0.121. The summed E-state index contributed by atoms with van der Waals surface area (Å²) in [7, 11) is 0. The Balaban J connectivity index is 2.43. The molecule has 0 spiro atoms. The number of allylic oxidation sites excluding steroid dienone is 5. The molecular formula is C10H8N2O2. The molecule has 0 aromatic heterocycles. The lowest BCUT2D eigenvalue weighted by Crippen LogP contribution is -2.27. The molecule has 2 N–H and O–H groups in total. The number of fused-ring (bicyclic) bond motifs is 1. The third-order valence-electron chi connectivity index (χ3n) is 2.09. The van der Waals surface area contributed by atoms with Crippen LogP contribution >= 0.6 is 0 Å². The first-order valence-corrected chi connectivity index (χ1v) is 4.17. The summed E-state index contributed by atoms with van der Waals surface area (Å²) in [6.45, 7) is 0. The molecule has 0 bridgehead atoms. The minimum absolute atomic E-state index is 0.0289. The van der Waals surface area contributed by atoms with Gasteiger partial charge in [0.05, 0.1) is 11.6 Å². The van der Waals surface area contributed by atoms with E-state index in [9.17, 15) is 9.59 Å². The second kappa shape index (κ2) is 3.06. The van der Waals surface area contributed by atoms with Crippen molar-refractivity contribution in [1.82, 2.24) is 0 Å². The molecule has 1 amide bonds. The van der Waals surface area contributed by atoms with Crippen LogP contribution in [0.5, 0.6) is 0 Å². The standard InChI is InChI=1S/C10H8N2O2/c11-10(14)8-5-9(13)6-3-1-2-4-7(6)12-8/h1-6H,(H2,11,14). The first kappa shape index (κ1) is 8.62. The van der Waals surface area contributed by atoms with E-state index in [1.54, 1.807) is 24.3 Å². The molecule has 2 aliphatic rings. The van der Waals surface area contributed by atoms with Crippen LogP contribution in [0.3, 0.4) is 0 Å². The quantitative estimate of drug-likeness (QED) is 0.634. The van der Waals surface area contributed by atoms with Gasteiger partial charge in [-0.2, -0.15) is 0 Å².